The number of amides is 1. The summed E-state index contributed by atoms with van der Waals surface area (Å²) in [5.41, 5.74) is -8.22. The second kappa shape index (κ2) is 8.99. The molecule has 3 aliphatic rings. The molecule has 2 aliphatic heterocycles. The topological polar surface area (TPSA) is 126 Å². The number of carbonyl (C=O) groups is 1. The molecule has 0 saturated carbocycles. The lowest BCUT2D eigenvalue weighted by Gasteiger charge is -2.49. The molecule has 32 heavy (non-hydrogen) atoms. The lowest BCUT2D eigenvalue weighted by molar-refractivity contribution is -0.274. The van der Waals surface area contributed by atoms with Crippen molar-refractivity contribution in [2.45, 2.75) is 75.6 Å². The summed E-state index contributed by atoms with van der Waals surface area (Å²) in [7, 11) is -9.64. The van der Waals surface area contributed by atoms with E-state index in [1.165, 1.54) is 0 Å². The monoisotopic (exact) mass is 509 g/mol. The third-order valence-electron chi connectivity index (χ3n) is 4.54. The normalized spacial score (nSPS) is 24.3. The Balaban J connectivity index is 2.26. The van der Waals surface area contributed by atoms with Crippen LogP contribution >= 0.6 is 0 Å². The van der Waals surface area contributed by atoms with Gasteiger partial charge in [-0.2, -0.15) is 35.1 Å². The molecule has 0 aromatic heterocycles. The van der Waals surface area contributed by atoms with Crippen LogP contribution in [0, 0.1) is 0 Å². The van der Waals surface area contributed by atoms with Crippen molar-refractivity contribution in [3.05, 3.63) is 11.8 Å². The predicted molar refractivity (Wildman–Crippen MR) is 104 cm³/mol. The maximum atomic E-state index is 12.9. The lowest BCUT2D eigenvalue weighted by Crippen LogP contribution is -2.58. The van der Waals surface area contributed by atoms with Gasteiger partial charge in [0.2, 0.25) is 0 Å². The Morgan fingerprint density at radius 2 is 1.84 bits per heavy atom. The summed E-state index contributed by atoms with van der Waals surface area (Å²) in [5, 5.41) is 0.856. The fourth-order valence-electron chi connectivity index (χ4n) is 3.21. The number of rotatable bonds is 8. The minimum absolute atomic E-state index is 0.0641. The molecule has 0 radical (unpaired) electrons. The molecule has 15 heteroatoms. The molecule has 1 fully saturated rings. The SMILES string of the molecule is CC(C)(C)OC(=O)N1OC2(CCCCOS(C)(=O)=O)CCC1C=C2OS(=O)(=O)C(F)(F)F. The van der Waals surface area contributed by atoms with Gasteiger partial charge in [-0.25, -0.2) is 4.79 Å². The summed E-state index contributed by atoms with van der Waals surface area (Å²) in [5.74, 6) is -0.574. The highest BCUT2D eigenvalue weighted by atomic mass is 32.2. The third-order valence-corrected chi connectivity index (χ3v) is 6.10. The number of ether oxygens (including phenoxy) is 1. The number of hydroxylamine groups is 2. The third kappa shape index (κ3) is 6.71. The van der Waals surface area contributed by atoms with Gasteiger partial charge in [0.25, 0.3) is 10.1 Å². The summed E-state index contributed by atoms with van der Waals surface area (Å²) in [6, 6.07) is -0.890. The summed E-state index contributed by atoms with van der Waals surface area (Å²) in [4.78, 5) is 18.2. The molecule has 1 saturated heterocycles. The van der Waals surface area contributed by atoms with Gasteiger partial charge in [0.1, 0.15) is 5.60 Å². The molecule has 0 spiro atoms. The van der Waals surface area contributed by atoms with E-state index in [2.05, 4.69) is 8.37 Å². The quantitative estimate of drug-likeness (QED) is 0.276. The molecule has 0 aromatic rings. The van der Waals surface area contributed by atoms with Gasteiger partial charge in [0.15, 0.2) is 11.4 Å². The number of unbranched alkanes of at least 4 members (excludes halogenated alkanes) is 1. The summed E-state index contributed by atoms with van der Waals surface area (Å²) < 4.78 is 98.2. The number of hydrogen-bond acceptors (Lipinski definition) is 9. The Hall–Kier alpha value is -1.58. The highest BCUT2D eigenvalue weighted by molar-refractivity contribution is 7.87. The average Bonchev–Trinajstić information content (AvgIpc) is 2.58. The van der Waals surface area contributed by atoms with Crippen LogP contribution in [0.1, 0.15) is 52.9 Å². The number of halogens is 3. The van der Waals surface area contributed by atoms with E-state index in [0.717, 1.165) is 17.4 Å². The molecule has 2 heterocycles. The Kier molecular flexibility index (Phi) is 7.49. The van der Waals surface area contributed by atoms with E-state index >= 15 is 0 Å². The number of hydrogen-bond donors (Lipinski definition) is 0. The summed E-state index contributed by atoms with van der Waals surface area (Å²) in [6.45, 7) is 4.66. The van der Waals surface area contributed by atoms with Crippen molar-refractivity contribution in [2.24, 2.45) is 0 Å². The van der Waals surface area contributed by atoms with Gasteiger partial charge in [-0.1, -0.05) is 0 Å². The molecule has 0 N–H and O–H groups in total. The average molecular weight is 510 g/mol. The molecule has 0 aromatic carbocycles. The van der Waals surface area contributed by atoms with E-state index in [-0.39, 0.29) is 38.7 Å². The molecule has 1 amide bonds. The Morgan fingerprint density at radius 1 is 1.22 bits per heavy atom. The molecular formula is C17H26F3NO9S2. The molecule has 2 unspecified atom stereocenters. The van der Waals surface area contributed by atoms with Crippen molar-refractivity contribution in [3.8, 4) is 0 Å². The van der Waals surface area contributed by atoms with E-state index in [9.17, 15) is 34.8 Å². The first-order valence-electron chi connectivity index (χ1n) is 9.64. The van der Waals surface area contributed by atoms with Crippen molar-refractivity contribution in [3.63, 3.8) is 0 Å². The zero-order valence-electron chi connectivity index (χ0n) is 18.0. The van der Waals surface area contributed by atoms with E-state index in [4.69, 9.17) is 9.57 Å². The fourth-order valence-corrected chi connectivity index (χ4v) is 4.17. The van der Waals surface area contributed by atoms with Gasteiger partial charge in [0.05, 0.1) is 18.9 Å². The number of carbonyl (C=O) groups excluding carboxylic acids is 1. The first-order chi connectivity index (χ1) is 14.4. The maximum Gasteiger partial charge on any atom is 0.534 e. The fraction of sp³-hybridized carbons (Fsp3) is 0.824. The van der Waals surface area contributed by atoms with Gasteiger partial charge in [-0.15, -0.1) is 0 Å². The van der Waals surface area contributed by atoms with Gasteiger partial charge in [-0.05, 0) is 59.0 Å². The van der Waals surface area contributed by atoms with Crippen molar-refractivity contribution < 1.29 is 52.7 Å². The number of alkyl halides is 3. The molecule has 10 nitrogen and oxygen atoms in total. The van der Waals surface area contributed by atoms with Crippen LogP contribution in [-0.2, 0) is 38.2 Å². The predicted octanol–water partition coefficient (Wildman–Crippen LogP) is 2.97. The number of fused-ring (bicyclic) bond motifs is 2. The maximum absolute atomic E-state index is 12.9. The van der Waals surface area contributed by atoms with E-state index < -0.39 is 54.8 Å². The van der Waals surface area contributed by atoms with Gasteiger partial charge in [-0.3, -0.25) is 9.02 Å². The van der Waals surface area contributed by atoms with Gasteiger partial charge < -0.3 is 8.92 Å². The van der Waals surface area contributed by atoms with Crippen molar-refractivity contribution in [1.82, 2.24) is 5.06 Å². The second-order valence-electron chi connectivity index (χ2n) is 8.50. The van der Waals surface area contributed by atoms with E-state index in [1.54, 1.807) is 20.8 Å². The lowest BCUT2D eigenvalue weighted by atomic mass is 9.81. The molecule has 1 aliphatic carbocycles. The first kappa shape index (κ1) is 26.7. The van der Waals surface area contributed by atoms with Gasteiger partial charge in [0, 0.05) is 0 Å². The summed E-state index contributed by atoms with van der Waals surface area (Å²) in [6.07, 6.45) is 1.70. The first-order valence-corrected chi connectivity index (χ1v) is 12.9. The summed E-state index contributed by atoms with van der Waals surface area (Å²) >= 11 is 0. The van der Waals surface area contributed by atoms with Gasteiger partial charge >= 0.3 is 21.7 Å². The molecule has 2 bridgehead atoms. The van der Waals surface area contributed by atoms with Crippen LogP contribution < -0.4 is 0 Å². The van der Waals surface area contributed by atoms with E-state index in [1.807, 2.05) is 0 Å². The van der Waals surface area contributed by atoms with Crippen LogP contribution in [0.25, 0.3) is 0 Å². The number of nitrogens with zero attached hydrogens (tertiary/aromatic N) is 1. The zero-order chi connectivity index (χ0) is 24.6. The standard InChI is InChI=1S/C17H26F3NO9S2/c1-15(2,3)28-14(22)21-12-7-9-16(30-21,8-5-6-10-27-31(4,23)24)13(11-12)29-32(25,26)17(18,19)20/h11-12H,5-10H2,1-4H3. The van der Waals surface area contributed by atoms with Crippen molar-refractivity contribution in [2.75, 3.05) is 12.9 Å². The minimum atomic E-state index is -5.97. The van der Waals surface area contributed by atoms with Crippen LogP contribution in [0.15, 0.2) is 11.8 Å². The Morgan fingerprint density at radius 3 is 2.38 bits per heavy atom. The van der Waals surface area contributed by atoms with Crippen molar-refractivity contribution >= 4 is 26.3 Å². The van der Waals surface area contributed by atoms with Crippen LogP contribution in [0.4, 0.5) is 18.0 Å². The van der Waals surface area contributed by atoms with E-state index in [0.29, 0.717) is 0 Å². The van der Waals surface area contributed by atoms with Crippen LogP contribution in [0.5, 0.6) is 0 Å². The van der Waals surface area contributed by atoms with Crippen LogP contribution in [-0.4, -0.2) is 63.6 Å². The van der Waals surface area contributed by atoms with Crippen LogP contribution in [0.3, 0.4) is 0 Å². The Bertz CT molecular complexity index is 955. The highest BCUT2D eigenvalue weighted by Crippen LogP contribution is 2.46. The smallest absolute Gasteiger partial charge is 0.442 e. The molecule has 186 valence electrons. The largest absolute Gasteiger partial charge is 0.534 e. The zero-order valence-corrected chi connectivity index (χ0v) is 19.6. The van der Waals surface area contributed by atoms with Crippen molar-refractivity contribution in [1.29, 1.82) is 0 Å². The van der Waals surface area contributed by atoms with Crippen LogP contribution in [0.2, 0.25) is 0 Å². The Labute approximate surface area is 184 Å². The minimum Gasteiger partial charge on any atom is -0.442 e. The molecule has 2 atom stereocenters. The molecular weight excluding hydrogens is 483 g/mol. The molecule has 3 rings (SSSR count). The highest BCUT2D eigenvalue weighted by Gasteiger charge is 2.56. The second-order valence-corrected chi connectivity index (χ2v) is 11.7.